The van der Waals surface area contributed by atoms with Crippen LogP contribution in [0.4, 0.5) is 4.39 Å². The number of hydrogen-bond acceptors (Lipinski definition) is 4. The molecule has 1 unspecified atom stereocenters. The number of halogens is 1. The average Bonchev–Trinajstić information content (AvgIpc) is 2.58. The highest BCUT2D eigenvalue weighted by molar-refractivity contribution is 7.99. The van der Waals surface area contributed by atoms with Crippen molar-refractivity contribution in [2.75, 3.05) is 31.1 Å². The van der Waals surface area contributed by atoms with Crippen molar-refractivity contribution in [3.63, 3.8) is 0 Å². The Bertz CT molecular complexity index is 512. The maximum Gasteiger partial charge on any atom is 0.224 e. The normalized spacial score (nSPS) is 22.8. The summed E-state index contributed by atoms with van der Waals surface area (Å²) in [6, 6.07) is 6.43. The first-order valence-electron chi connectivity index (χ1n) is 8.22. The molecule has 0 aromatic heterocycles. The summed E-state index contributed by atoms with van der Waals surface area (Å²) in [7, 11) is 0. The van der Waals surface area contributed by atoms with Crippen LogP contribution >= 0.6 is 11.8 Å². The predicted molar refractivity (Wildman–Crippen MR) is 90.4 cm³/mol. The minimum atomic E-state index is -0.257. The van der Waals surface area contributed by atoms with Crippen LogP contribution in [0.5, 0.6) is 5.75 Å². The fourth-order valence-electron chi connectivity index (χ4n) is 3.02. The van der Waals surface area contributed by atoms with E-state index in [0.717, 1.165) is 44.0 Å². The number of piperidine rings is 1. The van der Waals surface area contributed by atoms with Crippen molar-refractivity contribution in [3.05, 3.63) is 30.1 Å². The lowest BCUT2D eigenvalue weighted by atomic mass is 10.1. The molecule has 3 rings (SSSR count). The molecule has 0 aliphatic carbocycles. The molecule has 1 aromatic carbocycles. The summed E-state index contributed by atoms with van der Waals surface area (Å²) in [6.07, 6.45) is 2.36. The number of carbonyl (C=O) groups excluding carboxylic acids is 1. The molecule has 2 heterocycles. The topological polar surface area (TPSA) is 41.6 Å². The molecule has 2 saturated heterocycles. The standard InChI is InChI=1S/C17H23FN2O2S/c18-13-1-3-15(4-2-13)22-16-5-8-20(9-6-16)17(21)11-14-12-23-10-7-19-14/h1-4,14,16,19H,5-12H2. The molecule has 2 aliphatic heterocycles. The van der Waals surface area contributed by atoms with Crippen molar-refractivity contribution in [3.8, 4) is 5.75 Å². The van der Waals surface area contributed by atoms with Crippen LogP contribution in [0.1, 0.15) is 19.3 Å². The number of amides is 1. The van der Waals surface area contributed by atoms with Crippen LogP contribution in [-0.2, 0) is 4.79 Å². The van der Waals surface area contributed by atoms with E-state index in [0.29, 0.717) is 18.2 Å². The number of hydrogen-bond donors (Lipinski definition) is 1. The molecular formula is C17H23FN2O2S. The highest BCUT2D eigenvalue weighted by Gasteiger charge is 2.26. The van der Waals surface area contributed by atoms with Crippen molar-refractivity contribution in [2.45, 2.75) is 31.4 Å². The minimum absolute atomic E-state index is 0.105. The Morgan fingerprint density at radius 1 is 1.30 bits per heavy atom. The van der Waals surface area contributed by atoms with Crippen molar-refractivity contribution >= 4 is 17.7 Å². The van der Waals surface area contributed by atoms with Crippen molar-refractivity contribution < 1.29 is 13.9 Å². The van der Waals surface area contributed by atoms with E-state index in [2.05, 4.69) is 5.32 Å². The Morgan fingerprint density at radius 3 is 2.70 bits per heavy atom. The van der Waals surface area contributed by atoms with Gasteiger partial charge in [-0.05, 0) is 24.3 Å². The number of rotatable bonds is 4. The molecule has 1 aromatic rings. The average molecular weight is 338 g/mol. The first-order valence-corrected chi connectivity index (χ1v) is 9.37. The summed E-state index contributed by atoms with van der Waals surface area (Å²) in [6.45, 7) is 2.48. The minimum Gasteiger partial charge on any atom is -0.490 e. The number of nitrogens with zero attached hydrogens (tertiary/aromatic N) is 1. The Balaban J connectivity index is 1.42. The maximum absolute atomic E-state index is 12.9. The predicted octanol–water partition coefficient (Wildman–Crippen LogP) is 2.29. The monoisotopic (exact) mass is 338 g/mol. The summed E-state index contributed by atoms with van der Waals surface area (Å²) >= 11 is 1.91. The fraction of sp³-hybridized carbons (Fsp3) is 0.588. The number of likely N-dealkylation sites (tertiary alicyclic amines) is 1. The molecule has 6 heteroatoms. The number of thioether (sulfide) groups is 1. The van der Waals surface area contributed by atoms with Crippen LogP contribution in [0, 0.1) is 5.82 Å². The first kappa shape index (κ1) is 16.6. The second-order valence-corrected chi connectivity index (χ2v) is 7.23. The van der Waals surface area contributed by atoms with E-state index in [1.165, 1.54) is 12.1 Å². The van der Waals surface area contributed by atoms with Crippen LogP contribution in [0.25, 0.3) is 0 Å². The smallest absolute Gasteiger partial charge is 0.224 e. The van der Waals surface area contributed by atoms with Crippen LogP contribution < -0.4 is 10.1 Å². The number of ether oxygens (including phenoxy) is 1. The van der Waals surface area contributed by atoms with E-state index in [4.69, 9.17) is 4.74 Å². The van der Waals surface area contributed by atoms with Crippen molar-refractivity contribution in [2.24, 2.45) is 0 Å². The third-order valence-electron chi connectivity index (χ3n) is 4.33. The van der Waals surface area contributed by atoms with Gasteiger partial charge in [-0.1, -0.05) is 0 Å². The molecule has 0 saturated carbocycles. The molecule has 4 nitrogen and oxygen atoms in total. The lowest BCUT2D eigenvalue weighted by molar-refractivity contribution is -0.133. The van der Waals surface area contributed by atoms with Gasteiger partial charge in [0.1, 0.15) is 17.7 Å². The lowest BCUT2D eigenvalue weighted by Gasteiger charge is -2.33. The fourth-order valence-corrected chi connectivity index (χ4v) is 3.97. The Labute approximate surface area is 140 Å². The Morgan fingerprint density at radius 2 is 2.04 bits per heavy atom. The lowest BCUT2D eigenvalue weighted by Crippen LogP contribution is -2.46. The molecule has 126 valence electrons. The Hall–Kier alpha value is -1.27. The van der Waals surface area contributed by atoms with Gasteiger partial charge in [-0.15, -0.1) is 0 Å². The molecule has 1 N–H and O–H groups in total. The van der Waals surface area contributed by atoms with Crippen LogP contribution in [0.2, 0.25) is 0 Å². The molecule has 23 heavy (non-hydrogen) atoms. The van der Waals surface area contributed by atoms with Gasteiger partial charge < -0.3 is 15.0 Å². The van der Waals surface area contributed by atoms with Crippen LogP contribution in [0.15, 0.2) is 24.3 Å². The van der Waals surface area contributed by atoms with Crippen LogP contribution in [0.3, 0.4) is 0 Å². The second-order valence-electron chi connectivity index (χ2n) is 6.08. The van der Waals surface area contributed by atoms with Gasteiger partial charge in [-0.3, -0.25) is 4.79 Å². The molecule has 2 aliphatic rings. The van der Waals surface area contributed by atoms with Gasteiger partial charge in [-0.25, -0.2) is 4.39 Å². The van der Waals surface area contributed by atoms with Gasteiger partial charge in [-0.2, -0.15) is 11.8 Å². The number of nitrogens with one attached hydrogen (secondary N) is 1. The molecule has 0 radical (unpaired) electrons. The first-order chi connectivity index (χ1) is 11.2. The van der Waals surface area contributed by atoms with Gasteiger partial charge in [0.05, 0.1) is 0 Å². The van der Waals surface area contributed by atoms with E-state index >= 15 is 0 Å². The quantitative estimate of drug-likeness (QED) is 0.915. The molecule has 1 atom stereocenters. The van der Waals surface area contributed by atoms with E-state index in [-0.39, 0.29) is 17.8 Å². The summed E-state index contributed by atoms with van der Waals surface area (Å²) in [5.74, 6) is 2.84. The summed E-state index contributed by atoms with van der Waals surface area (Å²) in [4.78, 5) is 14.3. The van der Waals surface area contributed by atoms with Gasteiger partial charge in [0.2, 0.25) is 5.91 Å². The van der Waals surface area contributed by atoms with Crippen molar-refractivity contribution in [1.29, 1.82) is 0 Å². The zero-order valence-electron chi connectivity index (χ0n) is 13.2. The molecule has 0 bridgehead atoms. The molecule has 1 amide bonds. The SMILES string of the molecule is O=C(CC1CSCCN1)N1CCC(Oc2ccc(F)cc2)CC1. The zero-order chi connectivity index (χ0) is 16.1. The molecular weight excluding hydrogens is 315 g/mol. The summed E-state index contributed by atoms with van der Waals surface area (Å²) < 4.78 is 18.8. The summed E-state index contributed by atoms with van der Waals surface area (Å²) in [5, 5.41) is 3.41. The largest absolute Gasteiger partial charge is 0.490 e. The Kier molecular flexibility index (Phi) is 5.78. The summed E-state index contributed by atoms with van der Waals surface area (Å²) in [5.41, 5.74) is 0. The van der Waals surface area contributed by atoms with Gasteiger partial charge in [0.15, 0.2) is 0 Å². The number of carbonyl (C=O) groups is 1. The maximum atomic E-state index is 12.9. The third-order valence-corrected chi connectivity index (χ3v) is 5.46. The third kappa shape index (κ3) is 4.85. The van der Waals surface area contributed by atoms with Gasteiger partial charge >= 0.3 is 0 Å². The van der Waals surface area contributed by atoms with Crippen molar-refractivity contribution in [1.82, 2.24) is 10.2 Å². The number of benzene rings is 1. The van der Waals surface area contributed by atoms with E-state index in [1.807, 2.05) is 16.7 Å². The van der Waals surface area contributed by atoms with Crippen LogP contribution in [-0.4, -0.2) is 54.1 Å². The van der Waals surface area contributed by atoms with Gasteiger partial charge in [0.25, 0.3) is 0 Å². The molecule has 2 fully saturated rings. The second kappa shape index (κ2) is 8.02. The van der Waals surface area contributed by atoms with E-state index < -0.39 is 0 Å². The van der Waals surface area contributed by atoms with Gasteiger partial charge in [0, 0.05) is 56.4 Å². The molecule has 0 spiro atoms. The van der Waals surface area contributed by atoms with E-state index in [1.54, 1.807) is 12.1 Å². The highest BCUT2D eigenvalue weighted by atomic mass is 32.2. The van der Waals surface area contributed by atoms with E-state index in [9.17, 15) is 9.18 Å². The highest BCUT2D eigenvalue weighted by Crippen LogP contribution is 2.20. The zero-order valence-corrected chi connectivity index (χ0v) is 14.0.